The number of hydrogen-bond donors (Lipinski definition) is 1. The van der Waals surface area contributed by atoms with Crippen LogP contribution in [0.25, 0.3) is 0 Å². The lowest BCUT2D eigenvalue weighted by atomic mass is 10.0. The number of hydrogen-bond acceptors (Lipinski definition) is 4. The molecule has 1 rings (SSSR count). The van der Waals surface area contributed by atoms with E-state index in [1.54, 1.807) is 4.68 Å². The molecule has 5 heteroatoms. The first-order chi connectivity index (χ1) is 8.38. The minimum absolute atomic E-state index is 0.187. The SMILES string of the molecule is Cc1nn(C)c(N(C)CCC(N)C(C)C)c1C#N. The van der Waals surface area contributed by atoms with E-state index < -0.39 is 0 Å². The maximum absolute atomic E-state index is 9.17. The quantitative estimate of drug-likeness (QED) is 0.856. The van der Waals surface area contributed by atoms with Crippen LogP contribution in [0.3, 0.4) is 0 Å². The second kappa shape index (κ2) is 5.87. The van der Waals surface area contributed by atoms with Gasteiger partial charge in [0, 0.05) is 26.7 Å². The van der Waals surface area contributed by atoms with Crippen molar-refractivity contribution in [2.45, 2.75) is 33.2 Å². The molecule has 5 nitrogen and oxygen atoms in total. The van der Waals surface area contributed by atoms with Crippen molar-refractivity contribution in [1.82, 2.24) is 9.78 Å². The summed E-state index contributed by atoms with van der Waals surface area (Å²) in [4.78, 5) is 2.06. The molecule has 2 N–H and O–H groups in total. The fraction of sp³-hybridized carbons (Fsp3) is 0.692. The number of nitrogens with two attached hydrogens (primary N) is 1. The summed E-state index contributed by atoms with van der Waals surface area (Å²) in [5.41, 5.74) is 7.47. The van der Waals surface area contributed by atoms with E-state index in [2.05, 4.69) is 29.9 Å². The molecule has 0 radical (unpaired) electrons. The van der Waals surface area contributed by atoms with Gasteiger partial charge in [0.25, 0.3) is 0 Å². The Kier molecular flexibility index (Phi) is 4.74. The van der Waals surface area contributed by atoms with Crippen LogP contribution in [0.15, 0.2) is 0 Å². The molecule has 100 valence electrons. The van der Waals surface area contributed by atoms with Gasteiger partial charge in [-0.2, -0.15) is 10.4 Å². The summed E-state index contributed by atoms with van der Waals surface area (Å²) >= 11 is 0. The van der Waals surface area contributed by atoms with E-state index in [1.165, 1.54) is 0 Å². The summed E-state index contributed by atoms with van der Waals surface area (Å²) in [7, 11) is 3.84. The zero-order chi connectivity index (χ0) is 13.9. The summed E-state index contributed by atoms with van der Waals surface area (Å²) < 4.78 is 1.76. The van der Waals surface area contributed by atoms with Gasteiger partial charge in [-0.3, -0.25) is 4.68 Å². The molecule has 0 spiro atoms. The Hall–Kier alpha value is -1.54. The van der Waals surface area contributed by atoms with Crippen LogP contribution >= 0.6 is 0 Å². The first-order valence-corrected chi connectivity index (χ1v) is 6.28. The van der Waals surface area contributed by atoms with Gasteiger partial charge in [-0.15, -0.1) is 0 Å². The van der Waals surface area contributed by atoms with E-state index >= 15 is 0 Å². The van der Waals surface area contributed by atoms with Crippen molar-refractivity contribution in [3.8, 4) is 6.07 Å². The Morgan fingerprint density at radius 3 is 2.61 bits per heavy atom. The molecule has 0 saturated carbocycles. The van der Waals surface area contributed by atoms with Crippen LogP contribution < -0.4 is 10.6 Å². The fourth-order valence-corrected chi connectivity index (χ4v) is 2.00. The maximum atomic E-state index is 9.17. The van der Waals surface area contributed by atoms with Crippen LogP contribution in [0.2, 0.25) is 0 Å². The molecule has 1 aromatic rings. The molecular weight excluding hydrogens is 226 g/mol. The maximum Gasteiger partial charge on any atom is 0.144 e. The van der Waals surface area contributed by atoms with Crippen LogP contribution in [-0.4, -0.2) is 29.4 Å². The van der Waals surface area contributed by atoms with E-state index in [1.807, 2.05) is 21.0 Å². The highest BCUT2D eigenvalue weighted by Crippen LogP contribution is 2.21. The molecule has 0 aliphatic carbocycles. The average molecular weight is 249 g/mol. The first-order valence-electron chi connectivity index (χ1n) is 6.28. The summed E-state index contributed by atoms with van der Waals surface area (Å²) in [5, 5.41) is 13.5. The topological polar surface area (TPSA) is 70.9 Å². The Morgan fingerprint density at radius 1 is 1.50 bits per heavy atom. The third-order valence-electron chi connectivity index (χ3n) is 3.32. The molecule has 0 aromatic carbocycles. The number of aryl methyl sites for hydroxylation is 2. The first kappa shape index (κ1) is 14.5. The van der Waals surface area contributed by atoms with Crippen molar-refractivity contribution in [3.63, 3.8) is 0 Å². The lowest BCUT2D eigenvalue weighted by Crippen LogP contribution is -2.32. The summed E-state index contributed by atoms with van der Waals surface area (Å²) in [6, 6.07) is 2.41. The van der Waals surface area contributed by atoms with E-state index in [0.717, 1.165) is 24.5 Å². The van der Waals surface area contributed by atoms with Crippen LogP contribution in [0.4, 0.5) is 5.82 Å². The molecule has 1 aromatic heterocycles. The van der Waals surface area contributed by atoms with Gasteiger partial charge >= 0.3 is 0 Å². The average Bonchev–Trinajstić information content (AvgIpc) is 2.59. The van der Waals surface area contributed by atoms with Gasteiger partial charge in [-0.1, -0.05) is 13.8 Å². The van der Waals surface area contributed by atoms with Crippen molar-refractivity contribution >= 4 is 5.82 Å². The van der Waals surface area contributed by atoms with Crippen molar-refractivity contribution in [1.29, 1.82) is 5.26 Å². The largest absolute Gasteiger partial charge is 0.359 e. The predicted molar refractivity (Wildman–Crippen MR) is 73.4 cm³/mol. The number of anilines is 1. The molecule has 0 aliphatic heterocycles. The summed E-state index contributed by atoms with van der Waals surface area (Å²) in [6.07, 6.45) is 0.906. The Morgan fingerprint density at radius 2 is 2.11 bits per heavy atom. The number of nitrogens with zero attached hydrogens (tertiary/aromatic N) is 4. The highest BCUT2D eigenvalue weighted by Gasteiger charge is 2.17. The Balaban J connectivity index is 2.79. The zero-order valence-corrected chi connectivity index (χ0v) is 11.9. The van der Waals surface area contributed by atoms with Gasteiger partial charge < -0.3 is 10.6 Å². The molecule has 0 amide bonds. The molecule has 0 fully saturated rings. The number of nitriles is 1. The van der Waals surface area contributed by atoms with E-state index in [-0.39, 0.29) is 6.04 Å². The van der Waals surface area contributed by atoms with E-state index in [0.29, 0.717) is 11.5 Å². The monoisotopic (exact) mass is 249 g/mol. The minimum Gasteiger partial charge on any atom is -0.359 e. The predicted octanol–water partition coefficient (Wildman–Crippen LogP) is 1.41. The molecule has 0 bridgehead atoms. The fourth-order valence-electron chi connectivity index (χ4n) is 2.00. The molecule has 1 heterocycles. The smallest absolute Gasteiger partial charge is 0.144 e. The van der Waals surface area contributed by atoms with Gasteiger partial charge in [0.1, 0.15) is 17.5 Å². The van der Waals surface area contributed by atoms with Gasteiger partial charge in [0.15, 0.2) is 0 Å². The Bertz CT molecular complexity index is 441. The lowest BCUT2D eigenvalue weighted by molar-refractivity contribution is 0.465. The van der Waals surface area contributed by atoms with Gasteiger partial charge in [-0.25, -0.2) is 0 Å². The van der Waals surface area contributed by atoms with Crippen molar-refractivity contribution in [3.05, 3.63) is 11.3 Å². The van der Waals surface area contributed by atoms with E-state index in [4.69, 9.17) is 5.73 Å². The summed E-state index contributed by atoms with van der Waals surface area (Å²) in [6.45, 7) is 6.93. The van der Waals surface area contributed by atoms with Crippen LogP contribution in [-0.2, 0) is 7.05 Å². The van der Waals surface area contributed by atoms with Crippen molar-refractivity contribution in [2.24, 2.45) is 18.7 Å². The van der Waals surface area contributed by atoms with E-state index in [9.17, 15) is 5.26 Å². The van der Waals surface area contributed by atoms with Crippen molar-refractivity contribution < 1.29 is 0 Å². The van der Waals surface area contributed by atoms with Crippen LogP contribution in [0.5, 0.6) is 0 Å². The second-order valence-electron chi connectivity index (χ2n) is 5.14. The minimum atomic E-state index is 0.187. The molecule has 1 unspecified atom stereocenters. The normalized spacial score (nSPS) is 12.6. The third-order valence-corrected chi connectivity index (χ3v) is 3.32. The second-order valence-corrected chi connectivity index (χ2v) is 5.14. The standard InChI is InChI=1S/C13H23N5/c1-9(2)12(15)6-7-17(4)13-11(8-14)10(3)16-18(13)5/h9,12H,6-7,15H2,1-5H3. The van der Waals surface area contributed by atoms with Crippen molar-refractivity contribution in [2.75, 3.05) is 18.5 Å². The van der Waals surface area contributed by atoms with Gasteiger partial charge in [0.2, 0.25) is 0 Å². The van der Waals surface area contributed by atoms with Crippen LogP contribution in [0, 0.1) is 24.2 Å². The molecule has 0 aliphatic rings. The highest BCUT2D eigenvalue weighted by molar-refractivity contribution is 5.56. The van der Waals surface area contributed by atoms with Gasteiger partial charge in [-0.05, 0) is 19.3 Å². The number of aromatic nitrogens is 2. The zero-order valence-electron chi connectivity index (χ0n) is 11.9. The molecule has 0 saturated heterocycles. The van der Waals surface area contributed by atoms with Gasteiger partial charge in [0.05, 0.1) is 5.69 Å². The lowest BCUT2D eigenvalue weighted by Gasteiger charge is -2.23. The van der Waals surface area contributed by atoms with Crippen LogP contribution in [0.1, 0.15) is 31.5 Å². The number of rotatable bonds is 5. The Labute approximate surface area is 109 Å². The summed E-state index contributed by atoms with van der Waals surface area (Å²) in [5.74, 6) is 1.34. The molecule has 18 heavy (non-hydrogen) atoms. The molecular formula is C13H23N5. The highest BCUT2D eigenvalue weighted by atomic mass is 15.4. The third kappa shape index (κ3) is 3.02. The molecule has 1 atom stereocenters.